The van der Waals surface area contributed by atoms with Gasteiger partial charge >= 0.3 is 5.97 Å². The molecular formula is C5H10N2O2S. The molecule has 0 unspecified atom stereocenters. The van der Waals surface area contributed by atoms with Gasteiger partial charge in [0.25, 0.3) is 0 Å². The molecular weight excluding hydrogens is 152 g/mol. The van der Waals surface area contributed by atoms with Crippen molar-refractivity contribution >= 4 is 17.7 Å². The summed E-state index contributed by atoms with van der Waals surface area (Å²) in [4.78, 5) is 9.96. The first-order valence-corrected chi connectivity index (χ1v) is 4.05. The standard InChI is InChI=1S/C5H10N2O2S/c6-7-2-4-10-3-1-5(8)9/h6H,1-4H2,(H,8,9). The molecule has 0 radical (unpaired) electrons. The van der Waals surface area contributed by atoms with Gasteiger partial charge in [0.1, 0.15) is 0 Å². The van der Waals surface area contributed by atoms with Gasteiger partial charge in [-0.05, 0) is 0 Å². The molecule has 0 aromatic heterocycles. The minimum atomic E-state index is -0.768. The van der Waals surface area contributed by atoms with Crippen LogP contribution in [0.5, 0.6) is 0 Å². The van der Waals surface area contributed by atoms with Crippen molar-refractivity contribution in [1.82, 2.24) is 0 Å². The Bertz CT molecular complexity index is 118. The smallest absolute Gasteiger partial charge is 0.304 e. The van der Waals surface area contributed by atoms with Crippen molar-refractivity contribution in [3.8, 4) is 0 Å². The van der Waals surface area contributed by atoms with Gasteiger partial charge in [0.2, 0.25) is 0 Å². The quantitative estimate of drug-likeness (QED) is 0.455. The molecule has 4 nitrogen and oxygen atoms in total. The second-order valence-corrected chi connectivity index (χ2v) is 2.86. The highest BCUT2D eigenvalue weighted by atomic mass is 32.2. The number of nitrogens with one attached hydrogen (secondary N) is 1. The fourth-order valence-corrected chi connectivity index (χ4v) is 1.12. The molecule has 0 aliphatic heterocycles. The van der Waals surface area contributed by atoms with Crippen LogP contribution in [0.3, 0.4) is 0 Å². The van der Waals surface area contributed by atoms with Crippen molar-refractivity contribution in [2.75, 3.05) is 18.1 Å². The van der Waals surface area contributed by atoms with Crippen LogP contribution in [0.2, 0.25) is 0 Å². The first-order chi connectivity index (χ1) is 4.77. The molecule has 0 heterocycles. The Morgan fingerprint density at radius 3 is 2.80 bits per heavy atom. The number of hydrogen-bond donors (Lipinski definition) is 2. The Labute approximate surface area is 63.5 Å². The van der Waals surface area contributed by atoms with Crippen LogP contribution in [-0.4, -0.2) is 29.1 Å². The van der Waals surface area contributed by atoms with Crippen LogP contribution in [0.25, 0.3) is 0 Å². The normalized spacial score (nSPS) is 9.20. The molecule has 5 heteroatoms. The maximum atomic E-state index is 9.96. The monoisotopic (exact) mass is 162 g/mol. The average Bonchev–Trinajstić information content (AvgIpc) is 1.87. The number of nitrogens with zero attached hydrogens (tertiary/aromatic N) is 1. The van der Waals surface area contributed by atoms with E-state index in [-0.39, 0.29) is 6.42 Å². The molecule has 0 bridgehead atoms. The van der Waals surface area contributed by atoms with E-state index in [1.807, 2.05) is 0 Å². The van der Waals surface area contributed by atoms with Crippen LogP contribution in [-0.2, 0) is 4.79 Å². The third kappa shape index (κ3) is 7.42. The van der Waals surface area contributed by atoms with Gasteiger partial charge in [-0.2, -0.15) is 16.9 Å². The zero-order valence-corrected chi connectivity index (χ0v) is 6.36. The number of thioether (sulfide) groups is 1. The highest BCUT2D eigenvalue weighted by Gasteiger charge is 1.94. The van der Waals surface area contributed by atoms with Crippen LogP contribution in [0.15, 0.2) is 5.11 Å². The van der Waals surface area contributed by atoms with E-state index in [0.29, 0.717) is 12.3 Å². The maximum absolute atomic E-state index is 9.96. The summed E-state index contributed by atoms with van der Waals surface area (Å²) >= 11 is 1.51. The third-order valence-electron chi connectivity index (χ3n) is 0.808. The summed E-state index contributed by atoms with van der Waals surface area (Å²) in [7, 11) is 0. The van der Waals surface area contributed by atoms with Crippen molar-refractivity contribution in [3.63, 3.8) is 0 Å². The SMILES string of the molecule is N=NCCSCCC(=O)O. The van der Waals surface area contributed by atoms with Crippen LogP contribution >= 0.6 is 11.8 Å². The first-order valence-electron chi connectivity index (χ1n) is 2.90. The van der Waals surface area contributed by atoms with Crippen LogP contribution in [0, 0.1) is 5.53 Å². The van der Waals surface area contributed by atoms with E-state index >= 15 is 0 Å². The lowest BCUT2D eigenvalue weighted by Gasteiger charge is -1.93. The second-order valence-electron chi connectivity index (χ2n) is 1.64. The van der Waals surface area contributed by atoms with Crippen molar-refractivity contribution in [3.05, 3.63) is 0 Å². The average molecular weight is 162 g/mol. The number of hydrogen-bond acceptors (Lipinski definition) is 4. The fourth-order valence-electron chi connectivity index (χ4n) is 0.372. The van der Waals surface area contributed by atoms with E-state index in [1.54, 1.807) is 0 Å². The Kier molecular flexibility index (Phi) is 6.16. The molecule has 58 valence electrons. The van der Waals surface area contributed by atoms with E-state index in [2.05, 4.69) is 5.11 Å². The van der Waals surface area contributed by atoms with Crippen LogP contribution in [0.4, 0.5) is 0 Å². The molecule has 0 saturated carbocycles. The van der Waals surface area contributed by atoms with Crippen LogP contribution in [0.1, 0.15) is 6.42 Å². The third-order valence-corrected chi connectivity index (χ3v) is 1.77. The zero-order valence-electron chi connectivity index (χ0n) is 5.54. The second kappa shape index (κ2) is 6.54. The lowest BCUT2D eigenvalue weighted by atomic mass is 10.5. The number of carboxylic acid groups (broad SMARTS) is 1. The van der Waals surface area contributed by atoms with Crippen molar-refractivity contribution < 1.29 is 9.90 Å². The summed E-state index contributed by atoms with van der Waals surface area (Å²) in [6.07, 6.45) is 0.197. The minimum Gasteiger partial charge on any atom is -0.481 e. The lowest BCUT2D eigenvalue weighted by molar-refractivity contribution is -0.136. The van der Waals surface area contributed by atoms with Gasteiger partial charge in [-0.1, -0.05) is 0 Å². The number of rotatable bonds is 6. The zero-order chi connectivity index (χ0) is 7.82. The van der Waals surface area contributed by atoms with E-state index in [1.165, 1.54) is 11.8 Å². The molecule has 0 aromatic carbocycles. The lowest BCUT2D eigenvalue weighted by Crippen LogP contribution is -1.97. The topological polar surface area (TPSA) is 73.5 Å². The highest BCUT2D eigenvalue weighted by molar-refractivity contribution is 7.99. The summed E-state index contributed by atoms with van der Waals surface area (Å²) in [5.74, 6) is 0.595. The summed E-state index contributed by atoms with van der Waals surface area (Å²) in [6.45, 7) is 0.490. The molecule has 0 fully saturated rings. The fraction of sp³-hybridized carbons (Fsp3) is 0.800. The molecule has 0 aliphatic carbocycles. The Hall–Kier alpha value is -0.580. The molecule has 0 aliphatic rings. The molecule has 0 atom stereocenters. The summed E-state index contributed by atoms with van der Waals surface area (Å²) in [6, 6.07) is 0. The number of carboxylic acids is 1. The molecule has 10 heavy (non-hydrogen) atoms. The Balaban J connectivity index is 2.90. The molecule has 0 rings (SSSR count). The van der Waals surface area contributed by atoms with Crippen molar-refractivity contribution in [2.24, 2.45) is 5.11 Å². The largest absolute Gasteiger partial charge is 0.481 e. The molecule has 2 N–H and O–H groups in total. The Morgan fingerprint density at radius 1 is 1.60 bits per heavy atom. The summed E-state index contributed by atoms with van der Waals surface area (Å²) in [5.41, 5.74) is 6.42. The number of carbonyl (C=O) groups is 1. The van der Waals surface area contributed by atoms with Gasteiger partial charge in [-0.15, -0.1) is 0 Å². The minimum absolute atomic E-state index is 0.197. The molecule has 0 spiro atoms. The predicted octanol–water partition coefficient (Wildman–Crippen LogP) is 1.23. The molecule has 0 aromatic rings. The van der Waals surface area contributed by atoms with Crippen LogP contribution < -0.4 is 0 Å². The summed E-state index contributed by atoms with van der Waals surface area (Å²) in [5, 5.41) is 11.3. The van der Waals surface area contributed by atoms with Gasteiger partial charge in [0, 0.05) is 11.5 Å². The number of aliphatic carboxylic acids is 1. The van der Waals surface area contributed by atoms with E-state index < -0.39 is 5.97 Å². The van der Waals surface area contributed by atoms with Gasteiger partial charge < -0.3 is 5.11 Å². The van der Waals surface area contributed by atoms with E-state index in [9.17, 15) is 4.79 Å². The maximum Gasteiger partial charge on any atom is 0.304 e. The van der Waals surface area contributed by atoms with Crippen molar-refractivity contribution in [1.29, 1.82) is 5.53 Å². The van der Waals surface area contributed by atoms with Gasteiger partial charge in [0.05, 0.1) is 13.0 Å². The van der Waals surface area contributed by atoms with E-state index in [0.717, 1.165) is 5.75 Å². The summed E-state index contributed by atoms with van der Waals surface area (Å²) < 4.78 is 0. The molecule has 0 amide bonds. The van der Waals surface area contributed by atoms with Crippen molar-refractivity contribution in [2.45, 2.75) is 6.42 Å². The predicted molar refractivity (Wildman–Crippen MR) is 39.6 cm³/mol. The van der Waals surface area contributed by atoms with Gasteiger partial charge in [-0.3, -0.25) is 4.79 Å². The Morgan fingerprint density at radius 2 is 2.30 bits per heavy atom. The molecule has 0 saturated heterocycles. The first kappa shape index (κ1) is 9.42. The van der Waals surface area contributed by atoms with Gasteiger partial charge in [0.15, 0.2) is 0 Å². The highest BCUT2D eigenvalue weighted by Crippen LogP contribution is 2.01. The van der Waals surface area contributed by atoms with E-state index in [4.69, 9.17) is 10.6 Å². The van der Waals surface area contributed by atoms with Gasteiger partial charge in [-0.25, -0.2) is 5.53 Å².